The third-order valence-electron chi connectivity index (χ3n) is 6.19. The summed E-state index contributed by atoms with van der Waals surface area (Å²) in [7, 11) is 1.42. The molecule has 3 atom stereocenters. The molecule has 218 valence electrons. The Morgan fingerprint density at radius 3 is 2.17 bits per heavy atom. The number of likely N-dealkylation sites (N-methyl/N-ethyl adjacent to an activating group) is 1. The second kappa shape index (κ2) is 13.6. The predicted molar refractivity (Wildman–Crippen MR) is 152 cm³/mol. The van der Waals surface area contributed by atoms with Crippen molar-refractivity contribution in [2.45, 2.75) is 64.5 Å². The van der Waals surface area contributed by atoms with Crippen LogP contribution in [0.5, 0.6) is 0 Å². The van der Waals surface area contributed by atoms with E-state index in [1.807, 2.05) is 60.7 Å². The summed E-state index contributed by atoms with van der Waals surface area (Å²) in [6, 6.07) is 19.7. The molecule has 3 rings (SSSR count). The molecule has 2 amide bonds. The Morgan fingerprint density at radius 2 is 1.54 bits per heavy atom. The Labute approximate surface area is 239 Å². The summed E-state index contributed by atoms with van der Waals surface area (Å²) in [6.45, 7) is 6.25. The van der Waals surface area contributed by atoms with Crippen molar-refractivity contribution in [1.29, 1.82) is 0 Å². The standard InChI is InChI=1S/C31H36N2O8/c1-20(26(27(34)35)32-29(37)41-31(2,3)4)40-28(36)25(18-22-15-16-23-13-9-10-14-24(23)17-22)33(5)30(38)39-19-21-11-7-6-8-12-21/h6-17,20,25-26H,18-19H2,1-5H3,(H,32,37)(H,34,35)/t20-,25+,26-/m1/s1. The fourth-order valence-electron chi connectivity index (χ4n) is 4.06. The summed E-state index contributed by atoms with van der Waals surface area (Å²) in [4.78, 5) is 51.8. The number of carbonyl (C=O) groups is 4. The number of alkyl carbamates (subject to hydrolysis) is 1. The molecule has 0 aromatic heterocycles. The van der Waals surface area contributed by atoms with E-state index in [1.54, 1.807) is 32.9 Å². The Kier molecular flexibility index (Phi) is 10.3. The molecule has 41 heavy (non-hydrogen) atoms. The Morgan fingerprint density at radius 1 is 0.902 bits per heavy atom. The summed E-state index contributed by atoms with van der Waals surface area (Å²) in [5, 5.41) is 13.9. The first-order valence-corrected chi connectivity index (χ1v) is 13.2. The van der Waals surface area contributed by atoms with Crippen LogP contribution in [0.1, 0.15) is 38.8 Å². The van der Waals surface area contributed by atoms with Gasteiger partial charge in [-0.15, -0.1) is 0 Å². The molecule has 0 saturated carbocycles. The molecule has 0 aliphatic heterocycles. The van der Waals surface area contributed by atoms with Crippen molar-refractivity contribution in [2.75, 3.05) is 7.05 Å². The summed E-state index contributed by atoms with van der Waals surface area (Å²) >= 11 is 0. The van der Waals surface area contributed by atoms with E-state index in [0.717, 1.165) is 26.8 Å². The van der Waals surface area contributed by atoms with Crippen LogP contribution in [0.3, 0.4) is 0 Å². The minimum Gasteiger partial charge on any atom is -0.480 e. The maximum Gasteiger partial charge on any atom is 0.410 e. The Hall–Kier alpha value is -4.60. The Balaban J connectivity index is 1.80. The van der Waals surface area contributed by atoms with Crippen LogP contribution in [0.15, 0.2) is 72.8 Å². The molecule has 0 radical (unpaired) electrons. The van der Waals surface area contributed by atoms with Crippen LogP contribution >= 0.6 is 0 Å². The topological polar surface area (TPSA) is 131 Å². The van der Waals surface area contributed by atoms with E-state index in [9.17, 15) is 24.3 Å². The molecule has 0 aliphatic rings. The van der Waals surface area contributed by atoms with Gasteiger partial charge in [0.25, 0.3) is 0 Å². The van der Waals surface area contributed by atoms with Crippen molar-refractivity contribution < 1.29 is 38.5 Å². The molecule has 0 aliphatic carbocycles. The zero-order chi connectivity index (χ0) is 30.2. The highest BCUT2D eigenvalue weighted by molar-refractivity contribution is 5.85. The molecule has 10 nitrogen and oxygen atoms in total. The molecule has 0 fully saturated rings. The minimum absolute atomic E-state index is 0.000938. The molecule has 0 unspecified atom stereocenters. The fourth-order valence-corrected chi connectivity index (χ4v) is 4.06. The van der Waals surface area contributed by atoms with E-state index in [-0.39, 0.29) is 13.0 Å². The third kappa shape index (κ3) is 9.23. The first kappa shape index (κ1) is 30.9. The quantitative estimate of drug-likeness (QED) is 0.262. The van der Waals surface area contributed by atoms with Crippen molar-refractivity contribution in [3.8, 4) is 0 Å². The maximum absolute atomic E-state index is 13.5. The van der Waals surface area contributed by atoms with Crippen LogP contribution in [0.2, 0.25) is 0 Å². The van der Waals surface area contributed by atoms with Crippen LogP contribution < -0.4 is 5.32 Å². The number of esters is 1. The highest BCUT2D eigenvalue weighted by Crippen LogP contribution is 2.20. The average molecular weight is 565 g/mol. The number of rotatable bonds is 10. The number of amides is 2. The molecule has 10 heteroatoms. The molecule has 0 spiro atoms. The van der Waals surface area contributed by atoms with E-state index in [2.05, 4.69) is 5.32 Å². The van der Waals surface area contributed by atoms with E-state index >= 15 is 0 Å². The first-order valence-electron chi connectivity index (χ1n) is 13.2. The second-order valence-electron chi connectivity index (χ2n) is 10.7. The molecule has 0 heterocycles. The van der Waals surface area contributed by atoms with Gasteiger partial charge in [-0.25, -0.2) is 19.2 Å². The zero-order valence-electron chi connectivity index (χ0n) is 23.8. The van der Waals surface area contributed by atoms with E-state index in [1.165, 1.54) is 14.0 Å². The summed E-state index contributed by atoms with van der Waals surface area (Å²) in [5.74, 6) is -2.28. The van der Waals surface area contributed by atoms with E-state index in [4.69, 9.17) is 14.2 Å². The van der Waals surface area contributed by atoms with Gasteiger partial charge >= 0.3 is 24.1 Å². The number of benzene rings is 3. The molecule has 3 aromatic carbocycles. The van der Waals surface area contributed by atoms with Crippen molar-refractivity contribution in [1.82, 2.24) is 10.2 Å². The van der Waals surface area contributed by atoms with Crippen LogP contribution in [0, 0.1) is 0 Å². The number of nitrogens with zero attached hydrogens (tertiary/aromatic N) is 1. The number of aliphatic carboxylic acids is 1. The van der Waals surface area contributed by atoms with Gasteiger partial charge in [-0.3, -0.25) is 4.90 Å². The first-order chi connectivity index (χ1) is 19.3. The second-order valence-corrected chi connectivity index (χ2v) is 10.7. The van der Waals surface area contributed by atoms with Crippen LogP contribution in [-0.2, 0) is 36.8 Å². The normalized spacial score (nSPS) is 13.4. The fraction of sp³-hybridized carbons (Fsp3) is 0.355. The maximum atomic E-state index is 13.5. The number of fused-ring (bicyclic) bond motifs is 1. The van der Waals surface area contributed by atoms with Gasteiger partial charge in [0.2, 0.25) is 0 Å². The third-order valence-corrected chi connectivity index (χ3v) is 6.19. The van der Waals surface area contributed by atoms with Gasteiger partial charge in [-0.05, 0) is 49.6 Å². The summed E-state index contributed by atoms with van der Waals surface area (Å²) in [5.41, 5.74) is 0.664. The van der Waals surface area contributed by atoms with Gasteiger partial charge in [0.05, 0.1) is 0 Å². The van der Waals surface area contributed by atoms with Gasteiger partial charge in [-0.2, -0.15) is 0 Å². The number of hydrogen-bond acceptors (Lipinski definition) is 7. The van der Waals surface area contributed by atoms with Gasteiger partial charge in [0.15, 0.2) is 6.04 Å². The summed E-state index contributed by atoms with van der Waals surface area (Å²) in [6.07, 6.45) is -2.95. The predicted octanol–water partition coefficient (Wildman–Crippen LogP) is 4.93. The lowest BCUT2D eigenvalue weighted by Crippen LogP contribution is -2.52. The number of carbonyl (C=O) groups excluding carboxylic acids is 3. The number of ether oxygens (including phenoxy) is 3. The van der Waals surface area contributed by atoms with Gasteiger partial charge < -0.3 is 24.6 Å². The Bertz CT molecular complexity index is 1370. The van der Waals surface area contributed by atoms with Crippen molar-refractivity contribution in [2.24, 2.45) is 0 Å². The lowest BCUT2D eigenvalue weighted by Gasteiger charge is -2.29. The molecular formula is C31H36N2O8. The molecule has 0 bridgehead atoms. The van der Waals surface area contributed by atoms with Gasteiger partial charge in [0.1, 0.15) is 24.4 Å². The number of nitrogens with one attached hydrogen (secondary N) is 1. The molecule has 3 aromatic rings. The molecule has 0 saturated heterocycles. The highest BCUT2D eigenvalue weighted by atomic mass is 16.6. The lowest BCUT2D eigenvalue weighted by molar-refractivity contribution is -0.158. The van der Waals surface area contributed by atoms with Crippen LogP contribution in [0.25, 0.3) is 10.8 Å². The smallest absolute Gasteiger partial charge is 0.410 e. The van der Waals surface area contributed by atoms with Crippen molar-refractivity contribution in [3.05, 3.63) is 83.9 Å². The van der Waals surface area contributed by atoms with Crippen molar-refractivity contribution >= 4 is 34.9 Å². The van der Waals surface area contributed by atoms with E-state index < -0.39 is 47.9 Å². The van der Waals surface area contributed by atoms with Gasteiger partial charge in [-0.1, -0.05) is 72.8 Å². The summed E-state index contributed by atoms with van der Waals surface area (Å²) < 4.78 is 16.1. The van der Waals surface area contributed by atoms with Crippen LogP contribution in [0.4, 0.5) is 9.59 Å². The molecular weight excluding hydrogens is 528 g/mol. The lowest BCUT2D eigenvalue weighted by atomic mass is 10.0. The zero-order valence-corrected chi connectivity index (χ0v) is 23.8. The minimum atomic E-state index is -1.59. The molecule has 2 N–H and O–H groups in total. The number of carboxylic acid groups (broad SMARTS) is 1. The van der Waals surface area contributed by atoms with Crippen molar-refractivity contribution in [3.63, 3.8) is 0 Å². The number of carboxylic acids is 1. The number of hydrogen-bond donors (Lipinski definition) is 2. The van der Waals surface area contributed by atoms with Gasteiger partial charge in [0, 0.05) is 13.5 Å². The van der Waals surface area contributed by atoms with Crippen LogP contribution in [-0.4, -0.2) is 65.0 Å². The van der Waals surface area contributed by atoms with E-state index in [0.29, 0.717) is 0 Å². The average Bonchev–Trinajstić information content (AvgIpc) is 2.92. The largest absolute Gasteiger partial charge is 0.480 e. The monoisotopic (exact) mass is 564 g/mol. The highest BCUT2D eigenvalue weighted by Gasteiger charge is 2.36. The SMILES string of the molecule is C[C@@H](OC(=O)[C@H](Cc1ccc2ccccc2c1)N(C)C(=O)OCc1ccccc1)[C@@H](NC(=O)OC(C)(C)C)C(=O)O.